The van der Waals surface area contributed by atoms with Crippen LogP contribution < -0.4 is 4.74 Å². The Morgan fingerprint density at radius 1 is 1.35 bits per heavy atom. The Balaban J connectivity index is 2.93. The summed E-state index contributed by atoms with van der Waals surface area (Å²) in [5, 5.41) is 10.7. The van der Waals surface area contributed by atoms with Gasteiger partial charge in [-0.1, -0.05) is 12.1 Å². The number of nitro groups is 1. The van der Waals surface area contributed by atoms with Crippen LogP contribution in [0, 0.1) is 10.1 Å². The quantitative estimate of drug-likeness (QED) is 0.332. The molecule has 92 valence electrons. The molecule has 0 aliphatic carbocycles. The SMILES string of the molecule is COC(=O)C(OC)Oc1ccccc1[N+](=O)[O-]. The highest BCUT2D eigenvalue weighted by Gasteiger charge is 2.24. The number of hydrogen-bond acceptors (Lipinski definition) is 6. The molecule has 7 heteroatoms. The number of methoxy groups -OCH3 is 2. The molecule has 0 aliphatic heterocycles. The third-order valence-electron chi connectivity index (χ3n) is 1.90. The number of nitro benzene ring substituents is 1. The van der Waals surface area contributed by atoms with Gasteiger partial charge in [-0.2, -0.15) is 0 Å². The van der Waals surface area contributed by atoms with Gasteiger partial charge in [0.2, 0.25) is 5.75 Å². The number of esters is 1. The molecule has 0 heterocycles. The van der Waals surface area contributed by atoms with E-state index < -0.39 is 17.2 Å². The molecular formula is C10H11NO6. The van der Waals surface area contributed by atoms with Crippen LogP contribution in [-0.4, -0.2) is 31.4 Å². The van der Waals surface area contributed by atoms with Crippen molar-refractivity contribution in [2.75, 3.05) is 14.2 Å². The summed E-state index contributed by atoms with van der Waals surface area (Å²) in [6.45, 7) is 0. The summed E-state index contributed by atoms with van der Waals surface area (Å²) in [6.07, 6.45) is -1.33. The van der Waals surface area contributed by atoms with Crippen molar-refractivity contribution in [3.8, 4) is 5.75 Å². The van der Waals surface area contributed by atoms with Gasteiger partial charge < -0.3 is 14.2 Å². The van der Waals surface area contributed by atoms with Crippen LogP contribution in [0.5, 0.6) is 5.75 Å². The van der Waals surface area contributed by atoms with Crippen LogP contribution in [0.3, 0.4) is 0 Å². The van der Waals surface area contributed by atoms with Crippen LogP contribution in [0.1, 0.15) is 0 Å². The van der Waals surface area contributed by atoms with Crippen molar-refractivity contribution < 1.29 is 23.9 Å². The van der Waals surface area contributed by atoms with Crippen molar-refractivity contribution >= 4 is 11.7 Å². The second kappa shape index (κ2) is 5.80. The standard InChI is InChI=1S/C10H11NO6/c1-15-9(12)10(16-2)17-8-6-4-3-5-7(8)11(13)14/h3-6,10H,1-2H3. The van der Waals surface area contributed by atoms with E-state index in [0.717, 1.165) is 7.11 Å². The van der Waals surface area contributed by atoms with Crippen molar-refractivity contribution in [3.05, 3.63) is 34.4 Å². The molecule has 0 fully saturated rings. The Kier molecular flexibility index (Phi) is 4.41. The molecule has 17 heavy (non-hydrogen) atoms. The van der Waals surface area contributed by atoms with Crippen LogP contribution in [0.4, 0.5) is 5.69 Å². The molecule has 0 radical (unpaired) electrons. The van der Waals surface area contributed by atoms with Crippen LogP contribution in [0.15, 0.2) is 24.3 Å². The summed E-state index contributed by atoms with van der Waals surface area (Å²) in [7, 11) is 2.40. The zero-order valence-corrected chi connectivity index (χ0v) is 9.28. The van der Waals surface area contributed by atoms with Crippen molar-refractivity contribution in [1.29, 1.82) is 0 Å². The number of carbonyl (C=O) groups excluding carboxylic acids is 1. The average Bonchev–Trinajstić information content (AvgIpc) is 2.35. The van der Waals surface area contributed by atoms with Gasteiger partial charge >= 0.3 is 11.7 Å². The smallest absolute Gasteiger partial charge is 0.376 e. The predicted octanol–water partition coefficient (Wildman–Crippen LogP) is 1.12. The lowest BCUT2D eigenvalue weighted by Gasteiger charge is -2.14. The van der Waals surface area contributed by atoms with E-state index in [9.17, 15) is 14.9 Å². The molecule has 1 rings (SSSR count). The topological polar surface area (TPSA) is 87.9 Å². The molecule has 0 aliphatic rings. The van der Waals surface area contributed by atoms with Gasteiger partial charge in [-0.15, -0.1) is 0 Å². The van der Waals surface area contributed by atoms with E-state index in [0.29, 0.717) is 0 Å². The first-order valence-corrected chi connectivity index (χ1v) is 4.61. The molecule has 0 N–H and O–H groups in total. The number of benzene rings is 1. The lowest BCUT2D eigenvalue weighted by molar-refractivity contribution is -0.386. The molecule has 1 aromatic rings. The lowest BCUT2D eigenvalue weighted by atomic mass is 10.3. The van der Waals surface area contributed by atoms with Gasteiger partial charge in [0.1, 0.15) is 0 Å². The van der Waals surface area contributed by atoms with Gasteiger partial charge in [-0.25, -0.2) is 4.79 Å². The average molecular weight is 241 g/mol. The fourth-order valence-electron chi connectivity index (χ4n) is 1.11. The Labute approximate surface area is 97.0 Å². The molecule has 0 aromatic heterocycles. The Bertz CT molecular complexity index is 419. The molecule has 1 atom stereocenters. The van der Waals surface area contributed by atoms with Crippen molar-refractivity contribution in [2.45, 2.75) is 6.29 Å². The van der Waals surface area contributed by atoms with Crippen LogP contribution in [0.2, 0.25) is 0 Å². The van der Waals surface area contributed by atoms with E-state index in [2.05, 4.69) is 4.74 Å². The first kappa shape index (κ1) is 12.9. The second-order valence-electron chi connectivity index (χ2n) is 2.93. The van der Waals surface area contributed by atoms with E-state index in [1.165, 1.54) is 25.3 Å². The van der Waals surface area contributed by atoms with Crippen molar-refractivity contribution in [3.63, 3.8) is 0 Å². The Hall–Kier alpha value is -2.15. The zero-order valence-electron chi connectivity index (χ0n) is 9.28. The zero-order chi connectivity index (χ0) is 12.8. The summed E-state index contributed by atoms with van der Waals surface area (Å²) in [6, 6.07) is 5.67. The number of rotatable bonds is 5. The maximum absolute atomic E-state index is 11.2. The van der Waals surface area contributed by atoms with Gasteiger partial charge in [0.15, 0.2) is 0 Å². The monoisotopic (exact) mass is 241 g/mol. The molecule has 0 saturated heterocycles. The Morgan fingerprint density at radius 3 is 2.53 bits per heavy atom. The molecule has 0 bridgehead atoms. The normalized spacial score (nSPS) is 11.6. The van der Waals surface area contributed by atoms with Gasteiger partial charge in [-0.3, -0.25) is 10.1 Å². The van der Waals surface area contributed by atoms with E-state index >= 15 is 0 Å². The molecule has 0 saturated carbocycles. The highest BCUT2D eigenvalue weighted by Crippen LogP contribution is 2.26. The first-order chi connectivity index (χ1) is 8.10. The fraction of sp³-hybridized carbons (Fsp3) is 0.300. The number of carbonyl (C=O) groups is 1. The van der Waals surface area contributed by atoms with Gasteiger partial charge in [0.25, 0.3) is 6.29 Å². The maximum Gasteiger partial charge on any atom is 0.376 e. The van der Waals surface area contributed by atoms with Crippen molar-refractivity contribution in [2.24, 2.45) is 0 Å². The highest BCUT2D eigenvalue weighted by molar-refractivity contribution is 5.73. The summed E-state index contributed by atoms with van der Waals surface area (Å²) >= 11 is 0. The predicted molar refractivity (Wildman–Crippen MR) is 56.5 cm³/mol. The third-order valence-corrected chi connectivity index (χ3v) is 1.90. The maximum atomic E-state index is 11.2. The molecule has 1 unspecified atom stereocenters. The molecule has 7 nitrogen and oxygen atoms in total. The van der Waals surface area contributed by atoms with Gasteiger partial charge in [0, 0.05) is 13.2 Å². The minimum atomic E-state index is -1.33. The van der Waals surface area contributed by atoms with E-state index in [-0.39, 0.29) is 11.4 Å². The highest BCUT2D eigenvalue weighted by atomic mass is 16.7. The largest absolute Gasteiger partial charge is 0.464 e. The van der Waals surface area contributed by atoms with Crippen LogP contribution >= 0.6 is 0 Å². The van der Waals surface area contributed by atoms with Gasteiger partial charge in [-0.05, 0) is 6.07 Å². The molecule has 0 amide bonds. The summed E-state index contributed by atoms with van der Waals surface area (Å²) in [4.78, 5) is 21.3. The summed E-state index contributed by atoms with van der Waals surface area (Å²) < 4.78 is 14.2. The summed E-state index contributed by atoms with van der Waals surface area (Å²) in [5.74, 6) is -0.833. The van der Waals surface area contributed by atoms with Crippen LogP contribution in [0.25, 0.3) is 0 Å². The van der Waals surface area contributed by atoms with Crippen LogP contribution in [-0.2, 0) is 14.3 Å². The molecule has 1 aromatic carbocycles. The number of nitrogens with zero attached hydrogens (tertiary/aromatic N) is 1. The third kappa shape index (κ3) is 3.15. The minimum absolute atomic E-state index is 0.0604. The number of para-hydroxylation sites is 2. The molecular weight excluding hydrogens is 230 g/mol. The minimum Gasteiger partial charge on any atom is -0.464 e. The van der Waals surface area contributed by atoms with Crippen molar-refractivity contribution in [1.82, 2.24) is 0 Å². The van der Waals surface area contributed by atoms with E-state index in [4.69, 9.17) is 9.47 Å². The van der Waals surface area contributed by atoms with E-state index in [1.54, 1.807) is 6.07 Å². The summed E-state index contributed by atoms with van der Waals surface area (Å²) in [5.41, 5.74) is -0.251. The lowest BCUT2D eigenvalue weighted by Crippen LogP contribution is -2.30. The second-order valence-corrected chi connectivity index (χ2v) is 2.93. The number of hydrogen-bond donors (Lipinski definition) is 0. The Morgan fingerprint density at radius 2 is 2.00 bits per heavy atom. The molecule has 0 spiro atoms. The number of ether oxygens (including phenoxy) is 3. The van der Waals surface area contributed by atoms with Gasteiger partial charge in [0.05, 0.1) is 12.0 Å². The van der Waals surface area contributed by atoms with E-state index in [1.807, 2.05) is 0 Å². The first-order valence-electron chi connectivity index (χ1n) is 4.61. The fourth-order valence-corrected chi connectivity index (χ4v) is 1.11.